The van der Waals surface area contributed by atoms with E-state index in [1.54, 1.807) is 0 Å². The number of hydrogen-bond donors (Lipinski definition) is 4. The summed E-state index contributed by atoms with van der Waals surface area (Å²) < 4.78 is 36.7. The van der Waals surface area contributed by atoms with Gasteiger partial charge in [-0.25, -0.2) is 4.79 Å². The zero-order chi connectivity index (χ0) is 17.1. The Morgan fingerprint density at radius 3 is 2.32 bits per heavy atom. The van der Waals surface area contributed by atoms with Crippen molar-refractivity contribution in [3.05, 3.63) is 11.6 Å². The number of rotatable bonds is 5. The second-order valence-corrected chi connectivity index (χ2v) is 5.47. The molecule has 1 unspecified atom stereocenters. The third-order valence-electron chi connectivity index (χ3n) is 2.47. The molecule has 0 bridgehead atoms. The minimum Gasteiger partial charge on any atom is -0.366 e. The highest BCUT2D eigenvalue weighted by Crippen LogP contribution is 2.33. The summed E-state index contributed by atoms with van der Waals surface area (Å²) in [6, 6.07) is 0.198. The van der Waals surface area contributed by atoms with Crippen molar-refractivity contribution in [3.8, 4) is 0 Å². The van der Waals surface area contributed by atoms with Crippen LogP contribution in [0, 0.1) is 5.92 Å². The summed E-state index contributed by atoms with van der Waals surface area (Å²) in [5, 5.41) is 4.44. The quantitative estimate of drug-likeness (QED) is 0.654. The predicted octanol–water partition coefficient (Wildman–Crippen LogP) is 1.86. The van der Waals surface area contributed by atoms with E-state index < -0.39 is 36.4 Å². The van der Waals surface area contributed by atoms with Crippen LogP contribution < -0.4 is 22.1 Å². The van der Waals surface area contributed by atoms with Crippen LogP contribution in [0.1, 0.15) is 23.7 Å². The maximum Gasteiger partial charge on any atom is 0.389 e. The lowest BCUT2D eigenvalue weighted by Crippen LogP contribution is -2.25. The number of alkyl halides is 3. The van der Waals surface area contributed by atoms with Crippen molar-refractivity contribution < 1.29 is 27.6 Å². The van der Waals surface area contributed by atoms with Gasteiger partial charge in [-0.3, -0.25) is 14.9 Å². The van der Waals surface area contributed by atoms with E-state index in [0.717, 1.165) is 24.3 Å². The lowest BCUT2D eigenvalue weighted by Gasteiger charge is -2.13. The zero-order valence-corrected chi connectivity index (χ0v) is 12.1. The third-order valence-corrected chi connectivity index (χ3v) is 3.43. The first-order valence-electron chi connectivity index (χ1n) is 5.87. The molecule has 0 fully saturated rings. The predicted molar refractivity (Wildman–Crippen MR) is 74.5 cm³/mol. The Morgan fingerprint density at radius 1 is 1.27 bits per heavy atom. The van der Waals surface area contributed by atoms with E-state index in [4.69, 9.17) is 11.5 Å². The number of nitrogens with one attached hydrogen (secondary N) is 2. The molecule has 22 heavy (non-hydrogen) atoms. The summed E-state index contributed by atoms with van der Waals surface area (Å²) in [5.41, 5.74) is 9.90. The third kappa shape index (κ3) is 5.24. The summed E-state index contributed by atoms with van der Waals surface area (Å²) in [6.07, 6.45) is -5.75. The van der Waals surface area contributed by atoms with Crippen LogP contribution in [-0.2, 0) is 4.79 Å². The fourth-order valence-corrected chi connectivity index (χ4v) is 2.49. The van der Waals surface area contributed by atoms with E-state index in [1.807, 2.05) is 0 Å². The lowest BCUT2D eigenvalue weighted by atomic mass is 10.1. The Balaban J connectivity index is 2.87. The van der Waals surface area contributed by atoms with Gasteiger partial charge in [-0.15, -0.1) is 0 Å². The molecule has 1 aromatic rings. The zero-order valence-electron chi connectivity index (χ0n) is 11.3. The summed E-state index contributed by atoms with van der Waals surface area (Å²) in [5.74, 6) is -3.07. The SMILES string of the molecule is CC(CC(F)(F)F)C(=O)Nc1cc(C(N)=O)c(NC(N)=O)s1. The van der Waals surface area contributed by atoms with Crippen LogP contribution in [0.15, 0.2) is 6.07 Å². The molecule has 11 heteroatoms. The summed E-state index contributed by atoms with van der Waals surface area (Å²) in [4.78, 5) is 33.7. The number of halogens is 3. The van der Waals surface area contributed by atoms with Crippen LogP contribution >= 0.6 is 11.3 Å². The second kappa shape index (κ2) is 6.64. The summed E-state index contributed by atoms with van der Waals surface area (Å²) in [7, 11) is 0. The van der Waals surface area contributed by atoms with Gasteiger partial charge in [-0.05, 0) is 6.07 Å². The highest BCUT2D eigenvalue weighted by molar-refractivity contribution is 7.20. The number of carbonyl (C=O) groups is 3. The largest absolute Gasteiger partial charge is 0.389 e. The van der Waals surface area contributed by atoms with Crippen molar-refractivity contribution in [2.24, 2.45) is 17.4 Å². The second-order valence-electron chi connectivity index (χ2n) is 4.42. The van der Waals surface area contributed by atoms with Crippen LogP contribution in [0.2, 0.25) is 0 Å². The van der Waals surface area contributed by atoms with Gasteiger partial charge in [0.15, 0.2) is 0 Å². The monoisotopic (exact) mass is 338 g/mol. The first kappa shape index (κ1) is 17.8. The van der Waals surface area contributed by atoms with Crippen LogP contribution in [-0.4, -0.2) is 24.0 Å². The minimum atomic E-state index is -4.47. The maximum atomic E-state index is 12.2. The van der Waals surface area contributed by atoms with Crippen molar-refractivity contribution >= 4 is 39.2 Å². The molecule has 7 nitrogen and oxygen atoms in total. The molecule has 0 spiro atoms. The smallest absolute Gasteiger partial charge is 0.366 e. The van der Waals surface area contributed by atoms with E-state index in [0.29, 0.717) is 0 Å². The van der Waals surface area contributed by atoms with Gasteiger partial charge in [0, 0.05) is 5.92 Å². The van der Waals surface area contributed by atoms with E-state index in [9.17, 15) is 27.6 Å². The van der Waals surface area contributed by atoms with Crippen LogP contribution in [0.4, 0.5) is 28.0 Å². The van der Waals surface area contributed by atoms with Crippen molar-refractivity contribution in [1.29, 1.82) is 0 Å². The number of nitrogens with two attached hydrogens (primary N) is 2. The first-order valence-corrected chi connectivity index (χ1v) is 6.69. The molecule has 6 N–H and O–H groups in total. The summed E-state index contributed by atoms with van der Waals surface area (Å²) in [6.45, 7) is 1.12. The van der Waals surface area contributed by atoms with E-state index in [1.165, 1.54) is 0 Å². The average molecular weight is 338 g/mol. The van der Waals surface area contributed by atoms with Crippen molar-refractivity contribution in [2.45, 2.75) is 19.5 Å². The first-order chi connectivity index (χ1) is 9.99. The fourth-order valence-electron chi connectivity index (χ4n) is 1.52. The van der Waals surface area contributed by atoms with Gasteiger partial charge in [0.2, 0.25) is 5.91 Å². The molecular weight excluding hydrogens is 325 g/mol. The Bertz CT molecular complexity index is 600. The van der Waals surface area contributed by atoms with E-state index >= 15 is 0 Å². The topological polar surface area (TPSA) is 127 Å². The molecule has 0 aliphatic carbocycles. The van der Waals surface area contributed by atoms with Gasteiger partial charge in [0.25, 0.3) is 5.91 Å². The molecule has 1 rings (SSSR count). The van der Waals surface area contributed by atoms with E-state index in [2.05, 4.69) is 10.6 Å². The number of primary amides is 2. The Morgan fingerprint density at radius 2 is 1.86 bits per heavy atom. The molecule has 1 heterocycles. The lowest BCUT2D eigenvalue weighted by molar-refractivity contribution is -0.150. The van der Waals surface area contributed by atoms with Crippen LogP contribution in [0.5, 0.6) is 0 Å². The molecule has 0 aromatic carbocycles. The Labute approximate surface area is 126 Å². The molecule has 1 atom stereocenters. The van der Waals surface area contributed by atoms with Crippen molar-refractivity contribution in [1.82, 2.24) is 0 Å². The Hall–Kier alpha value is -2.30. The standard InChI is InChI=1S/C11H13F3N4O3S/c1-4(3-11(12,13)14)8(20)17-6-2-5(7(15)19)9(22-6)18-10(16)21/h2,4H,3H2,1H3,(H2,15,19)(H,17,20)(H3,16,18,21). The van der Waals surface area contributed by atoms with Crippen LogP contribution in [0.3, 0.4) is 0 Å². The molecule has 0 saturated carbocycles. The van der Waals surface area contributed by atoms with Crippen molar-refractivity contribution in [2.75, 3.05) is 10.6 Å². The number of hydrogen-bond acceptors (Lipinski definition) is 4. The number of urea groups is 1. The van der Waals surface area contributed by atoms with Gasteiger partial charge in [0.1, 0.15) is 5.00 Å². The number of anilines is 2. The molecule has 0 radical (unpaired) electrons. The molecule has 4 amide bonds. The molecule has 0 aliphatic rings. The molecule has 122 valence electrons. The molecule has 0 saturated heterocycles. The van der Waals surface area contributed by atoms with Gasteiger partial charge < -0.3 is 16.8 Å². The highest BCUT2D eigenvalue weighted by atomic mass is 32.1. The fraction of sp³-hybridized carbons (Fsp3) is 0.364. The van der Waals surface area contributed by atoms with Gasteiger partial charge in [0.05, 0.1) is 17.0 Å². The Kier molecular flexibility index (Phi) is 5.36. The van der Waals surface area contributed by atoms with Gasteiger partial charge in [-0.2, -0.15) is 13.2 Å². The van der Waals surface area contributed by atoms with Crippen molar-refractivity contribution in [3.63, 3.8) is 0 Å². The highest BCUT2D eigenvalue weighted by Gasteiger charge is 2.33. The number of amides is 4. The number of thiophene rings is 1. The van der Waals surface area contributed by atoms with Gasteiger partial charge >= 0.3 is 12.2 Å². The summed E-state index contributed by atoms with van der Waals surface area (Å²) >= 11 is 0.754. The average Bonchev–Trinajstić information content (AvgIpc) is 2.68. The molecule has 0 aliphatic heterocycles. The number of carbonyl (C=O) groups excluding carboxylic acids is 3. The molecular formula is C11H13F3N4O3S. The minimum absolute atomic E-state index is 0.00113. The van der Waals surface area contributed by atoms with Crippen LogP contribution in [0.25, 0.3) is 0 Å². The van der Waals surface area contributed by atoms with E-state index in [-0.39, 0.29) is 15.6 Å². The maximum absolute atomic E-state index is 12.2. The van der Waals surface area contributed by atoms with Gasteiger partial charge in [-0.1, -0.05) is 18.3 Å². The molecule has 1 aromatic heterocycles. The normalized spacial score (nSPS) is 12.5.